The number of rotatable bonds is 4. The van der Waals surface area contributed by atoms with Crippen molar-refractivity contribution in [2.45, 2.75) is 49.4 Å². The molecule has 0 aliphatic heterocycles. The van der Waals surface area contributed by atoms with Gasteiger partial charge in [-0.15, -0.1) is 0 Å². The minimum atomic E-state index is -4.29. The predicted molar refractivity (Wildman–Crippen MR) is 101 cm³/mol. The van der Waals surface area contributed by atoms with Crippen molar-refractivity contribution in [2.75, 3.05) is 0 Å². The van der Waals surface area contributed by atoms with E-state index in [9.17, 15) is 9.59 Å². The SMILES string of the molecule is CC(C)(C)C(=O)[O][Sn]([O]C(=O)C(C)(C)C)([CH]1C=CC=C1)[CH]1C=CC=C1. The summed E-state index contributed by atoms with van der Waals surface area (Å²) in [5.41, 5.74) is -1.32. The average Bonchev–Trinajstić information content (AvgIpc) is 3.18. The van der Waals surface area contributed by atoms with Gasteiger partial charge in [0.2, 0.25) is 0 Å². The van der Waals surface area contributed by atoms with E-state index >= 15 is 0 Å². The van der Waals surface area contributed by atoms with E-state index in [0.29, 0.717) is 0 Å². The summed E-state index contributed by atoms with van der Waals surface area (Å²) < 4.78 is 12.0. The van der Waals surface area contributed by atoms with Crippen LogP contribution < -0.4 is 0 Å². The van der Waals surface area contributed by atoms with Crippen molar-refractivity contribution in [3.8, 4) is 0 Å². The molecule has 0 amide bonds. The van der Waals surface area contributed by atoms with Crippen LogP contribution in [0.3, 0.4) is 0 Å². The molecule has 25 heavy (non-hydrogen) atoms. The Balaban J connectivity index is 2.49. The van der Waals surface area contributed by atoms with Gasteiger partial charge in [0.25, 0.3) is 0 Å². The van der Waals surface area contributed by atoms with E-state index in [1.165, 1.54) is 0 Å². The van der Waals surface area contributed by atoms with Crippen LogP contribution in [-0.4, -0.2) is 31.1 Å². The second-order valence-corrected chi connectivity index (χ2v) is 17.7. The van der Waals surface area contributed by atoms with Crippen molar-refractivity contribution in [3.63, 3.8) is 0 Å². The normalized spacial score (nSPS) is 18.2. The van der Waals surface area contributed by atoms with Crippen molar-refractivity contribution in [3.05, 3.63) is 48.6 Å². The van der Waals surface area contributed by atoms with Gasteiger partial charge in [-0.25, -0.2) is 0 Å². The Bertz CT molecular complexity index is 574. The summed E-state index contributed by atoms with van der Waals surface area (Å²) >= 11 is -4.29. The predicted octanol–water partition coefficient (Wildman–Crippen LogP) is 4.60. The van der Waals surface area contributed by atoms with Crippen LogP contribution in [0, 0.1) is 10.8 Å². The summed E-state index contributed by atoms with van der Waals surface area (Å²) in [6.45, 7) is 10.9. The molecule has 136 valence electrons. The standard InChI is InChI=1S/2C5H10O2.2C5H5.Sn/c2*1-5(2,3)4(6)7;2*1-2-4-5-3-1;/h2*1-3H3,(H,6,7);2*1-5H;/q;;;;+2/p-2. The van der Waals surface area contributed by atoms with Crippen LogP contribution in [0.2, 0.25) is 7.87 Å². The third kappa shape index (κ3) is 4.46. The van der Waals surface area contributed by atoms with E-state index in [2.05, 4.69) is 0 Å². The molecule has 0 spiro atoms. The third-order valence-electron chi connectivity index (χ3n) is 4.15. The first-order chi connectivity index (χ1) is 11.5. The van der Waals surface area contributed by atoms with Crippen LogP contribution in [0.5, 0.6) is 0 Å². The first-order valence-corrected chi connectivity index (χ1v) is 14.3. The first-order valence-electron chi connectivity index (χ1n) is 8.64. The van der Waals surface area contributed by atoms with Crippen molar-refractivity contribution >= 4 is 31.1 Å². The maximum absolute atomic E-state index is 12.8. The third-order valence-corrected chi connectivity index (χ3v) is 14.5. The van der Waals surface area contributed by atoms with Gasteiger partial charge in [-0.2, -0.15) is 0 Å². The fourth-order valence-electron chi connectivity index (χ4n) is 2.51. The number of hydrogen-bond donors (Lipinski definition) is 0. The second kappa shape index (κ2) is 7.14. The van der Waals surface area contributed by atoms with Gasteiger partial charge < -0.3 is 0 Å². The van der Waals surface area contributed by atoms with Crippen molar-refractivity contribution < 1.29 is 15.7 Å². The number of hydrogen-bond acceptors (Lipinski definition) is 4. The monoisotopic (exact) mass is 452 g/mol. The molecule has 0 fully saturated rings. The van der Waals surface area contributed by atoms with E-state index in [1.807, 2.05) is 90.2 Å². The molecule has 2 aliphatic carbocycles. The van der Waals surface area contributed by atoms with Gasteiger partial charge in [0.15, 0.2) is 0 Å². The van der Waals surface area contributed by atoms with Gasteiger partial charge in [0.05, 0.1) is 0 Å². The molecule has 2 aliphatic rings. The Kier molecular flexibility index (Phi) is 5.71. The van der Waals surface area contributed by atoms with Crippen LogP contribution in [-0.2, 0) is 15.7 Å². The van der Waals surface area contributed by atoms with E-state index < -0.39 is 30.0 Å². The van der Waals surface area contributed by atoms with E-state index in [-0.39, 0.29) is 19.8 Å². The molecule has 0 aromatic carbocycles. The quantitative estimate of drug-likeness (QED) is 0.587. The number of carbonyl (C=O) groups excluding carboxylic acids is 2. The Morgan fingerprint density at radius 2 is 0.960 bits per heavy atom. The molecule has 0 atom stereocenters. The van der Waals surface area contributed by atoms with Gasteiger partial charge in [0.1, 0.15) is 0 Å². The van der Waals surface area contributed by atoms with Gasteiger partial charge in [0, 0.05) is 0 Å². The van der Waals surface area contributed by atoms with Crippen molar-refractivity contribution in [1.29, 1.82) is 0 Å². The zero-order valence-corrected chi connectivity index (χ0v) is 18.8. The Hall–Kier alpha value is -1.30. The molecule has 4 nitrogen and oxygen atoms in total. The molecule has 0 saturated carbocycles. The summed E-state index contributed by atoms with van der Waals surface area (Å²) in [5.74, 6) is -0.625. The summed E-state index contributed by atoms with van der Waals surface area (Å²) in [4.78, 5) is 25.5. The Morgan fingerprint density at radius 1 is 0.680 bits per heavy atom. The second-order valence-electron chi connectivity index (χ2n) is 8.59. The van der Waals surface area contributed by atoms with E-state index in [0.717, 1.165) is 0 Å². The zero-order chi connectivity index (χ0) is 18.9. The fraction of sp³-hybridized carbons (Fsp3) is 0.500. The average molecular weight is 451 g/mol. The maximum atomic E-state index is 12.8. The van der Waals surface area contributed by atoms with Crippen LogP contribution in [0.15, 0.2) is 48.6 Å². The van der Waals surface area contributed by atoms with Crippen LogP contribution in [0.25, 0.3) is 0 Å². The molecule has 0 heterocycles. The zero-order valence-electron chi connectivity index (χ0n) is 15.9. The summed E-state index contributed by atoms with van der Waals surface area (Å²) in [7, 11) is 0. The topological polar surface area (TPSA) is 52.6 Å². The summed E-state index contributed by atoms with van der Waals surface area (Å²) in [5, 5.41) is 0. The van der Waals surface area contributed by atoms with Gasteiger partial charge >= 0.3 is 156 Å². The fourth-order valence-corrected chi connectivity index (χ4v) is 13.2. The Labute approximate surface area is 155 Å². The van der Waals surface area contributed by atoms with Gasteiger partial charge in [-0.1, -0.05) is 0 Å². The summed E-state index contributed by atoms with van der Waals surface area (Å²) in [6.07, 6.45) is 15.7. The van der Waals surface area contributed by atoms with E-state index in [1.54, 1.807) is 0 Å². The molecule has 0 saturated heterocycles. The van der Waals surface area contributed by atoms with Gasteiger partial charge in [-0.05, 0) is 0 Å². The molecule has 0 radical (unpaired) electrons. The van der Waals surface area contributed by atoms with Crippen LogP contribution in [0.4, 0.5) is 0 Å². The van der Waals surface area contributed by atoms with Crippen LogP contribution >= 0.6 is 0 Å². The van der Waals surface area contributed by atoms with Crippen molar-refractivity contribution in [1.82, 2.24) is 0 Å². The number of carbonyl (C=O) groups is 2. The van der Waals surface area contributed by atoms with Crippen LogP contribution in [0.1, 0.15) is 41.5 Å². The summed E-state index contributed by atoms with van der Waals surface area (Å²) in [6, 6.07) is 0. The minimum absolute atomic E-state index is 0.135. The molecular formula is C20H28O4Sn. The van der Waals surface area contributed by atoms with E-state index in [4.69, 9.17) is 6.15 Å². The molecule has 0 aromatic rings. The molecule has 0 aromatic heterocycles. The molecule has 2 rings (SSSR count). The van der Waals surface area contributed by atoms with Gasteiger partial charge in [-0.3, -0.25) is 0 Å². The number of allylic oxidation sites excluding steroid dienone is 8. The molecule has 0 N–H and O–H groups in total. The molecule has 0 bridgehead atoms. The Morgan fingerprint density at radius 3 is 1.20 bits per heavy atom. The molecular weight excluding hydrogens is 423 g/mol. The van der Waals surface area contributed by atoms with Crippen molar-refractivity contribution in [2.24, 2.45) is 10.8 Å². The molecule has 0 unspecified atom stereocenters. The first kappa shape index (κ1) is 20.0. The molecule has 5 heteroatoms.